The van der Waals surface area contributed by atoms with Crippen LogP contribution in [-0.4, -0.2) is 21.1 Å². The smallest absolute Gasteiger partial charge is 0.171 e. The second kappa shape index (κ2) is 5.91. The average Bonchev–Trinajstić information content (AvgIpc) is 3.17. The summed E-state index contributed by atoms with van der Waals surface area (Å²) in [5.74, 6) is 1.02. The maximum absolute atomic E-state index is 4.80. The fourth-order valence-electron chi connectivity index (χ4n) is 3.25. The van der Waals surface area contributed by atoms with E-state index in [2.05, 4.69) is 73.0 Å². The molecule has 0 N–H and O–H groups in total. The first kappa shape index (κ1) is 15.1. The van der Waals surface area contributed by atoms with Gasteiger partial charge in [0.1, 0.15) is 5.82 Å². The van der Waals surface area contributed by atoms with Crippen LogP contribution in [0.2, 0.25) is 0 Å². The van der Waals surface area contributed by atoms with Gasteiger partial charge in [0, 0.05) is 17.2 Å². The third-order valence-corrected chi connectivity index (χ3v) is 5.87. The van der Waals surface area contributed by atoms with Crippen molar-refractivity contribution in [3.63, 3.8) is 0 Å². The van der Waals surface area contributed by atoms with Gasteiger partial charge in [0.05, 0.1) is 16.7 Å². The second-order valence-electron chi connectivity index (χ2n) is 5.91. The van der Waals surface area contributed by atoms with Crippen molar-refractivity contribution < 1.29 is 0 Å². The summed E-state index contributed by atoms with van der Waals surface area (Å²) in [5, 5.41) is 4.27. The zero-order valence-electron chi connectivity index (χ0n) is 12.7. The van der Waals surface area contributed by atoms with Crippen LogP contribution in [0.25, 0.3) is 5.65 Å². The van der Waals surface area contributed by atoms with Crippen LogP contribution < -0.4 is 4.90 Å². The van der Waals surface area contributed by atoms with Crippen LogP contribution in [0.1, 0.15) is 30.0 Å². The number of hydrogen-bond donors (Lipinski definition) is 0. The number of fused-ring (bicyclic) bond motifs is 1. The first-order chi connectivity index (χ1) is 11.1. The fourth-order valence-corrected chi connectivity index (χ4v) is 3.86. The lowest BCUT2D eigenvalue weighted by Gasteiger charge is -2.26. The Morgan fingerprint density at radius 3 is 2.87 bits per heavy atom. The standard InChI is InChI=1S/C17H16Br2N4/c1-11-9-12(4-5-13(11)18)15-3-2-7-22(15)16-6-8-23-17(21-16)14(19)10-20-23/h4-6,8-10,15H,2-3,7H2,1H3. The maximum atomic E-state index is 4.80. The van der Waals surface area contributed by atoms with Gasteiger partial charge in [-0.3, -0.25) is 0 Å². The molecule has 0 radical (unpaired) electrons. The van der Waals surface area contributed by atoms with Crippen LogP contribution >= 0.6 is 31.9 Å². The molecule has 0 aliphatic carbocycles. The summed E-state index contributed by atoms with van der Waals surface area (Å²) in [7, 11) is 0. The Morgan fingerprint density at radius 1 is 1.17 bits per heavy atom. The molecular formula is C17H16Br2N4. The summed E-state index contributed by atoms with van der Waals surface area (Å²) in [4.78, 5) is 7.21. The van der Waals surface area contributed by atoms with Gasteiger partial charge >= 0.3 is 0 Å². The van der Waals surface area contributed by atoms with Gasteiger partial charge in [-0.15, -0.1) is 0 Å². The number of anilines is 1. The Balaban J connectivity index is 1.73. The predicted octanol–water partition coefficient (Wildman–Crippen LogP) is 4.90. The molecule has 23 heavy (non-hydrogen) atoms. The molecule has 1 aliphatic rings. The van der Waals surface area contributed by atoms with Crippen LogP contribution in [0.5, 0.6) is 0 Å². The number of nitrogens with zero attached hydrogens (tertiary/aromatic N) is 4. The first-order valence-electron chi connectivity index (χ1n) is 7.66. The van der Waals surface area contributed by atoms with Crippen molar-refractivity contribution in [2.75, 3.05) is 11.4 Å². The highest BCUT2D eigenvalue weighted by Crippen LogP contribution is 2.36. The normalized spacial score (nSPS) is 18.0. The molecule has 1 atom stereocenters. The number of benzene rings is 1. The minimum atomic E-state index is 0.387. The molecule has 1 aliphatic heterocycles. The van der Waals surface area contributed by atoms with Gasteiger partial charge in [0.25, 0.3) is 0 Å². The van der Waals surface area contributed by atoms with Gasteiger partial charge in [0.2, 0.25) is 0 Å². The third kappa shape index (κ3) is 2.68. The lowest BCUT2D eigenvalue weighted by atomic mass is 10.0. The molecule has 6 heteroatoms. The van der Waals surface area contributed by atoms with E-state index in [9.17, 15) is 0 Å². The molecule has 4 rings (SSSR count). The number of aromatic nitrogens is 3. The lowest BCUT2D eigenvalue weighted by Crippen LogP contribution is -2.23. The average molecular weight is 436 g/mol. The summed E-state index contributed by atoms with van der Waals surface area (Å²) < 4.78 is 3.88. The monoisotopic (exact) mass is 434 g/mol. The molecule has 0 amide bonds. The van der Waals surface area contributed by atoms with E-state index in [1.165, 1.54) is 17.5 Å². The molecule has 3 aromatic rings. The van der Waals surface area contributed by atoms with Crippen molar-refractivity contribution in [1.29, 1.82) is 0 Å². The largest absolute Gasteiger partial charge is 0.349 e. The summed E-state index contributed by atoms with van der Waals surface area (Å²) >= 11 is 7.11. The van der Waals surface area contributed by atoms with Crippen LogP contribution in [0.4, 0.5) is 5.82 Å². The number of halogens is 2. The second-order valence-corrected chi connectivity index (χ2v) is 7.62. The van der Waals surface area contributed by atoms with Crippen LogP contribution in [0.15, 0.2) is 45.6 Å². The molecule has 0 spiro atoms. The minimum Gasteiger partial charge on any atom is -0.349 e. The highest BCUT2D eigenvalue weighted by atomic mass is 79.9. The Bertz CT molecular complexity index is 874. The van der Waals surface area contributed by atoms with Gasteiger partial charge in [-0.1, -0.05) is 28.1 Å². The number of rotatable bonds is 2. The summed E-state index contributed by atoms with van der Waals surface area (Å²) in [6, 6.07) is 9.08. The van der Waals surface area contributed by atoms with E-state index in [1.54, 1.807) is 10.7 Å². The van der Waals surface area contributed by atoms with Crippen LogP contribution in [0.3, 0.4) is 0 Å². The number of aryl methyl sites for hydroxylation is 1. The molecule has 1 unspecified atom stereocenters. The maximum Gasteiger partial charge on any atom is 0.171 e. The van der Waals surface area contributed by atoms with Gasteiger partial charge < -0.3 is 4.90 Å². The quantitative estimate of drug-likeness (QED) is 0.573. The molecular weight excluding hydrogens is 420 g/mol. The van der Waals surface area contributed by atoms with Crippen molar-refractivity contribution in [2.45, 2.75) is 25.8 Å². The highest BCUT2D eigenvalue weighted by Gasteiger charge is 2.27. The zero-order valence-corrected chi connectivity index (χ0v) is 15.9. The van der Waals surface area contributed by atoms with Crippen molar-refractivity contribution in [2.24, 2.45) is 0 Å². The Hall–Kier alpha value is -1.40. The molecule has 1 fully saturated rings. The molecule has 0 bridgehead atoms. The third-order valence-electron chi connectivity index (χ3n) is 4.43. The van der Waals surface area contributed by atoms with Crippen LogP contribution in [0, 0.1) is 6.92 Å². The van der Waals surface area contributed by atoms with Crippen molar-refractivity contribution in [3.8, 4) is 0 Å². The van der Waals surface area contributed by atoms with Gasteiger partial charge in [-0.25, -0.2) is 9.50 Å². The molecule has 1 saturated heterocycles. The topological polar surface area (TPSA) is 33.4 Å². The highest BCUT2D eigenvalue weighted by molar-refractivity contribution is 9.11. The Labute approximate surface area is 151 Å². The van der Waals surface area contributed by atoms with E-state index < -0.39 is 0 Å². The van der Waals surface area contributed by atoms with E-state index in [4.69, 9.17) is 4.98 Å². The van der Waals surface area contributed by atoms with E-state index >= 15 is 0 Å². The van der Waals surface area contributed by atoms with E-state index in [1.807, 2.05) is 6.20 Å². The molecule has 118 valence electrons. The first-order valence-corrected chi connectivity index (χ1v) is 9.24. The van der Waals surface area contributed by atoms with E-state index in [0.29, 0.717) is 6.04 Å². The number of hydrogen-bond acceptors (Lipinski definition) is 3. The Morgan fingerprint density at radius 2 is 2.04 bits per heavy atom. The van der Waals surface area contributed by atoms with Crippen molar-refractivity contribution >= 4 is 43.3 Å². The molecule has 1 aromatic carbocycles. The van der Waals surface area contributed by atoms with Gasteiger partial charge in [-0.05, 0) is 59.0 Å². The van der Waals surface area contributed by atoms with Crippen molar-refractivity contribution in [3.05, 3.63) is 56.7 Å². The molecule has 0 saturated carbocycles. The summed E-state index contributed by atoms with van der Waals surface area (Å²) in [5.41, 5.74) is 3.49. The van der Waals surface area contributed by atoms with Crippen molar-refractivity contribution in [1.82, 2.24) is 14.6 Å². The SMILES string of the molecule is Cc1cc(C2CCCN2c2ccn3ncc(Br)c3n2)ccc1Br. The minimum absolute atomic E-state index is 0.387. The van der Waals surface area contributed by atoms with E-state index in [-0.39, 0.29) is 0 Å². The van der Waals surface area contributed by atoms with E-state index in [0.717, 1.165) is 33.4 Å². The molecule has 4 nitrogen and oxygen atoms in total. The Kier molecular flexibility index (Phi) is 3.89. The summed E-state index contributed by atoms with van der Waals surface area (Å²) in [6.07, 6.45) is 6.11. The van der Waals surface area contributed by atoms with Crippen LogP contribution in [-0.2, 0) is 0 Å². The fraction of sp³-hybridized carbons (Fsp3) is 0.294. The molecule has 3 heterocycles. The lowest BCUT2D eigenvalue weighted by molar-refractivity contribution is 0.709. The molecule has 2 aromatic heterocycles. The zero-order chi connectivity index (χ0) is 16.0. The van der Waals surface area contributed by atoms with Gasteiger partial charge in [-0.2, -0.15) is 5.10 Å². The summed E-state index contributed by atoms with van der Waals surface area (Å²) in [6.45, 7) is 3.18. The van der Waals surface area contributed by atoms with Gasteiger partial charge in [0.15, 0.2) is 5.65 Å². The predicted molar refractivity (Wildman–Crippen MR) is 98.9 cm³/mol.